The van der Waals surface area contributed by atoms with E-state index in [-0.39, 0.29) is 16.1 Å². The summed E-state index contributed by atoms with van der Waals surface area (Å²) in [6.45, 7) is 6.86. The van der Waals surface area contributed by atoms with E-state index in [1.54, 1.807) is 24.3 Å². The van der Waals surface area contributed by atoms with Crippen molar-refractivity contribution in [3.63, 3.8) is 0 Å². The van der Waals surface area contributed by atoms with Crippen LogP contribution in [-0.2, 0) is 16.4 Å². The summed E-state index contributed by atoms with van der Waals surface area (Å²) in [7, 11) is -3.89. The number of carboxylic acids is 1. The molecule has 2 saturated heterocycles. The SMILES string of the molecule is CCc1ccc(S(=O)(=O)Nc2cc(C(=O)O)cnc2N2CCC[C@@H](CN3CCCC3)C2)cc1. The molecule has 9 heteroatoms. The van der Waals surface area contributed by atoms with Gasteiger partial charge in [0, 0.05) is 25.8 Å². The van der Waals surface area contributed by atoms with E-state index in [9.17, 15) is 18.3 Å². The molecule has 1 aromatic carbocycles. The smallest absolute Gasteiger partial charge is 0.337 e. The van der Waals surface area contributed by atoms with Crippen molar-refractivity contribution in [2.75, 3.05) is 42.3 Å². The van der Waals surface area contributed by atoms with Gasteiger partial charge in [0.25, 0.3) is 10.0 Å². The molecule has 33 heavy (non-hydrogen) atoms. The molecule has 0 aliphatic carbocycles. The first kappa shape index (κ1) is 23.5. The van der Waals surface area contributed by atoms with Crippen molar-refractivity contribution in [3.8, 4) is 0 Å². The normalized spacial score (nSPS) is 19.5. The molecule has 0 saturated carbocycles. The first-order valence-corrected chi connectivity index (χ1v) is 13.2. The van der Waals surface area contributed by atoms with Crippen molar-refractivity contribution >= 4 is 27.5 Å². The van der Waals surface area contributed by atoms with Crippen molar-refractivity contribution in [2.45, 2.75) is 43.9 Å². The number of aromatic carboxylic acids is 1. The second kappa shape index (κ2) is 10.1. The average molecular weight is 473 g/mol. The highest BCUT2D eigenvalue weighted by atomic mass is 32.2. The van der Waals surface area contributed by atoms with Crippen LogP contribution in [-0.4, -0.2) is 62.1 Å². The molecule has 3 heterocycles. The van der Waals surface area contributed by atoms with Gasteiger partial charge in [-0.05, 0) is 74.9 Å². The Hall–Kier alpha value is -2.65. The number of nitrogens with zero attached hydrogens (tertiary/aromatic N) is 3. The van der Waals surface area contributed by atoms with Crippen LogP contribution >= 0.6 is 0 Å². The Morgan fingerprint density at radius 2 is 1.88 bits per heavy atom. The molecule has 8 nitrogen and oxygen atoms in total. The molecule has 178 valence electrons. The Labute approximate surface area is 195 Å². The molecule has 0 unspecified atom stereocenters. The van der Waals surface area contributed by atoms with Gasteiger partial charge in [-0.15, -0.1) is 0 Å². The first-order valence-electron chi connectivity index (χ1n) is 11.7. The molecule has 4 rings (SSSR count). The second-order valence-electron chi connectivity index (χ2n) is 8.97. The van der Waals surface area contributed by atoms with E-state index in [0.29, 0.717) is 11.7 Å². The number of likely N-dealkylation sites (tertiary alicyclic amines) is 1. The minimum atomic E-state index is -3.89. The molecule has 2 aromatic rings. The highest BCUT2D eigenvalue weighted by molar-refractivity contribution is 7.92. The molecule has 1 atom stereocenters. The average Bonchev–Trinajstić information content (AvgIpc) is 3.32. The Morgan fingerprint density at radius 3 is 2.55 bits per heavy atom. The van der Waals surface area contributed by atoms with Gasteiger partial charge in [0.1, 0.15) is 0 Å². The number of piperidine rings is 1. The van der Waals surface area contributed by atoms with Gasteiger partial charge in [0.15, 0.2) is 5.82 Å². The highest BCUT2D eigenvalue weighted by Crippen LogP contribution is 2.31. The fraction of sp³-hybridized carbons (Fsp3) is 0.500. The van der Waals surface area contributed by atoms with Gasteiger partial charge in [0.2, 0.25) is 0 Å². The molecule has 0 spiro atoms. The van der Waals surface area contributed by atoms with E-state index in [2.05, 4.69) is 19.5 Å². The number of benzene rings is 1. The number of hydrogen-bond acceptors (Lipinski definition) is 6. The molecule has 0 bridgehead atoms. The summed E-state index contributed by atoms with van der Waals surface area (Å²) in [5, 5.41) is 9.45. The number of carboxylic acid groups (broad SMARTS) is 1. The third-order valence-electron chi connectivity index (χ3n) is 6.53. The summed E-state index contributed by atoms with van der Waals surface area (Å²) in [5.74, 6) is -0.184. The van der Waals surface area contributed by atoms with E-state index < -0.39 is 16.0 Å². The number of rotatable bonds is 8. The van der Waals surface area contributed by atoms with E-state index in [1.165, 1.54) is 25.1 Å². The zero-order valence-corrected chi connectivity index (χ0v) is 19.9. The van der Waals surface area contributed by atoms with Crippen LogP contribution in [0.2, 0.25) is 0 Å². The third-order valence-corrected chi connectivity index (χ3v) is 7.91. The number of anilines is 2. The lowest BCUT2D eigenvalue weighted by atomic mass is 9.97. The predicted octanol–water partition coefficient (Wildman–Crippen LogP) is 3.46. The number of sulfonamides is 1. The summed E-state index contributed by atoms with van der Waals surface area (Å²) in [6, 6.07) is 8.08. The number of carbonyl (C=O) groups is 1. The lowest BCUT2D eigenvalue weighted by Crippen LogP contribution is -2.41. The molecule has 2 aliphatic heterocycles. The maximum Gasteiger partial charge on any atom is 0.337 e. The summed E-state index contributed by atoms with van der Waals surface area (Å²) < 4.78 is 28.8. The number of aromatic nitrogens is 1. The van der Waals surface area contributed by atoms with Gasteiger partial charge in [-0.25, -0.2) is 18.2 Å². The van der Waals surface area contributed by atoms with Gasteiger partial charge in [0.05, 0.1) is 16.1 Å². The van der Waals surface area contributed by atoms with Crippen LogP contribution in [0.5, 0.6) is 0 Å². The molecule has 2 aliphatic rings. The first-order chi connectivity index (χ1) is 15.9. The second-order valence-corrected chi connectivity index (χ2v) is 10.6. The zero-order valence-electron chi connectivity index (χ0n) is 19.0. The minimum absolute atomic E-state index is 0.0524. The highest BCUT2D eigenvalue weighted by Gasteiger charge is 2.27. The molecule has 2 fully saturated rings. The van der Waals surface area contributed by atoms with Crippen LogP contribution in [0.4, 0.5) is 11.5 Å². The molecule has 2 N–H and O–H groups in total. The van der Waals surface area contributed by atoms with Crippen molar-refractivity contribution in [2.24, 2.45) is 5.92 Å². The maximum absolute atomic E-state index is 13.1. The van der Waals surface area contributed by atoms with Crippen LogP contribution in [0.3, 0.4) is 0 Å². The van der Waals surface area contributed by atoms with Crippen molar-refractivity contribution < 1.29 is 18.3 Å². The predicted molar refractivity (Wildman–Crippen MR) is 128 cm³/mol. The standard InChI is InChI=1S/C24H32N4O4S/c1-2-18-7-9-21(10-8-18)33(31,32)26-22-14-20(24(29)30)15-25-23(22)28-13-5-6-19(17-28)16-27-11-3-4-12-27/h7-10,14-15,19,26H,2-6,11-13,16-17H2,1H3,(H,29,30)/t19-/m0/s1. The topological polar surface area (TPSA) is 103 Å². The Kier molecular flexibility index (Phi) is 7.19. The van der Waals surface area contributed by atoms with Crippen LogP contribution < -0.4 is 9.62 Å². The third kappa shape index (κ3) is 5.65. The summed E-state index contributed by atoms with van der Waals surface area (Å²) in [4.78, 5) is 20.7. The van der Waals surface area contributed by atoms with Gasteiger partial charge in [-0.1, -0.05) is 19.1 Å². The molecular formula is C24H32N4O4S. The Balaban J connectivity index is 1.59. The van der Waals surface area contributed by atoms with Crippen molar-refractivity contribution in [1.82, 2.24) is 9.88 Å². The fourth-order valence-electron chi connectivity index (χ4n) is 4.75. The maximum atomic E-state index is 13.1. The number of aryl methyl sites for hydroxylation is 1. The Bertz CT molecular complexity index is 1080. The van der Waals surface area contributed by atoms with Gasteiger partial charge >= 0.3 is 5.97 Å². The lowest BCUT2D eigenvalue weighted by Gasteiger charge is -2.36. The quantitative estimate of drug-likeness (QED) is 0.606. The largest absolute Gasteiger partial charge is 0.478 e. The van der Waals surface area contributed by atoms with Crippen LogP contribution in [0, 0.1) is 5.92 Å². The molecule has 0 radical (unpaired) electrons. The van der Waals surface area contributed by atoms with Gasteiger partial charge < -0.3 is 14.9 Å². The lowest BCUT2D eigenvalue weighted by molar-refractivity contribution is 0.0696. The fourth-order valence-corrected chi connectivity index (χ4v) is 5.80. The molecular weight excluding hydrogens is 440 g/mol. The zero-order chi connectivity index (χ0) is 23.4. The van der Waals surface area contributed by atoms with Crippen molar-refractivity contribution in [1.29, 1.82) is 0 Å². The van der Waals surface area contributed by atoms with E-state index >= 15 is 0 Å². The summed E-state index contributed by atoms with van der Waals surface area (Å²) in [5.41, 5.74) is 1.20. The van der Waals surface area contributed by atoms with Crippen LogP contribution in [0.15, 0.2) is 41.4 Å². The monoisotopic (exact) mass is 472 g/mol. The molecule has 1 aromatic heterocycles. The number of pyridine rings is 1. The van der Waals surface area contributed by atoms with Gasteiger partial charge in [-0.3, -0.25) is 4.72 Å². The minimum Gasteiger partial charge on any atom is -0.478 e. The number of nitrogens with one attached hydrogen (secondary N) is 1. The van der Waals surface area contributed by atoms with Crippen LogP contribution in [0.25, 0.3) is 0 Å². The summed E-state index contributed by atoms with van der Waals surface area (Å²) >= 11 is 0. The van der Waals surface area contributed by atoms with E-state index in [4.69, 9.17) is 0 Å². The number of hydrogen-bond donors (Lipinski definition) is 2. The van der Waals surface area contributed by atoms with Crippen molar-refractivity contribution in [3.05, 3.63) is 47.7 Å². The van der Waals surface area contributed by atoms with E-state index in [1.807, 2.05) is 6.92 Å². The Morgan fingerprint density at radius 1 is 1.15 bits per heavy atom. The van der Waals surface area contributed by atoms with E-state index in [0.717, 1.165) is 57.5 Å². The summed E-state index contributed by atoms with van der Waals surface area (Å²) in [6.07, 6.45) is 6.74. The molecule has 0 amide bonds. The van der Waals surface area contributed by atoms with Gasteiger partial charge in [-0.2, -0.15) is 0 Å². The van der Waals surface area contributed by atoms with Crippen LogP contribution in [0.1, 0.15) is 48.5 Å².